The molecule has 12 heavy (non-hydrogen) atoms. The van der Waals surface area contributed by atoms with Gasteiger partial charge in [-0.3, -0.25) is 0 Å². The summed E-state index contributed by atoms with van der Waals surface area (Å²) >= 11 is 0. The summed E-state index contributed by atoms with van der Waals surface area (Å²) in [7, 11) is 1.66. The maximum atomic E-state index is 8.53. The van der Waals surface area contributed by atoms with Crippen LogP contribution in [0.15, 0.2) is 23.8 Å². The van der Waals surface area contributed by atoms with Crippen molar-refractivity contribution in [1.82, 2.24) is 5.48 Å². The Hall–Kier alpha value is -0.680. The number of rotatable bonds is 3. The molecule has 0 amide bonds. The molecule has 2 unspecified atom stereocenters. The van der Waals surface area contributed by atoms with E-state index >= 15 is 0 Å². The maximum Gasteiger partial charge on any atom is 0.104 e. The van der Waals surface area contributed by atoms with Crippen molar-refractivity contribution in [1.29, 1.82) is 0 Å². The molecule has 0 radical (unpaired) electrons. The minimum atomic E-state index is -0.501. The summed E-state index contributed by atoms with van der Waals surface area (Å²) in [5.41, 5.74) is 8.38. The second-order valence-electron chi connectivity index (χ2n) is 2.68. The zero-order valence-corrected chi connectivity index (χ0v) is 7.03. The molecule has 0 bridgehead atoms. The van der Waals surface area contributed by atoms with Gasteiger partial charge in [-0.2, -0.15) is 5.48 Å². The summed E-state index contributed by atoms with van der Waals surface area (Å²) in [5, 5.41) is 8.53. The van der Waals surface area contributed by atoms with Crippen LogP contribution in [0.5, 0.6) is 0 Å². The first-order valence-electron chi connectivity index (χ1n) is 3.84. The molecule has 0 aromatic carbocycles. The lowest BCUT2D eigenvalue weighted by atomic mass is 10.0. The molecule has 0 heterocycles. The van der Waals surface area contributed by atoms with Gasteiger partial charge >= 0.3 is 0 Å². The predicted molar refractivity (Wildman–Crippen MR) is 45.5 cm³/mol. The van der Waals surface area contributed by atoms with Crippen LogP contribution in [0.2, 0.25) is 0 Å². The first-order chi connectivity index (χ1) is 5.77. The molecule has 0 spiro atoms. The summed E-state index contributed by atoms with van der Waals surface area (Å²) in [6.07, 6.45) is 6.16. The topological polar surface area (TPSA) is 67.5 Å². The van der Waals surface area contributed by atoms with E-state index in [9.17, 15) is 0 Å². The Labute approximate surface area is 71.7 Å². The van der Waals surface area contributed by atoms with Gasteiger partial charge in [-0.15, -0.1) is 0 Å². The van der Waals surface area contributed by atoms with Crippen LogP contribution < -0.4 is 11.2 Å². The Kier molecular flexibility index (Phi) is 3.43. The van der Waals surface area contributed by atoms with Gasteiger partial charge in [0.1, 0.15) is 6.17 Å². The zero-order chi connectivity index (χ0) is 8.97. The highest BCUT2D eigenvalue weighted by molar-refractivity contribution is 5.28. The highest BCUT2D eigenvalue weighted by atomic mass is 16.5. The van der Waals surface area contributed by atoms with Crippen molar-refractivity contribution >= 4 is 0 Å². The minimum absolute atomic E-state index is 0.139. The summed E-state index contributed by atoms with van der Waals surface area (Å²) < 4.78 is 5.10. The third-order valence-corrected chi connectivity index (χ3v) is 1.89. The van der Waals surface area contributed by atoms with E-state index in [2.05, 4.69) is 0 Å². The first kappa shape index (κ1) is 9.41. The van der Waals surface area contributed by atoms with Crippen LogP contribution in [0.25, 0.3) is 0 Å². The van der Waals surface area contributed by atoms with E-state index in [0.717, 1.165) is 12.0 Å². The van der Waals surface area contributed by atoms with E-state index in [4.69, 9.17) is 15.7 Å². The van der Waals surface area contributed by atoms with E-state index < -0.39 is 6.17 Å². The number of hydrogen-bond donors (Lipinski definition) is 3. The van der Waals surface area contributed by atoms with Gasteiger partial charge in [0, 0.05) is 7.11 Å². The van der Waals surface area contributed by atoms with Crippen molar-refractivity contribution in [3.8, 4) is 0 Å². The molecule has 1 aliphatic carbocycles. The van der Waals surface area contributed by atoms with Crippen molar-refractivity contribution in [2.45, 2.75) is 18.7 Å². The molecule has 0 saturated heterocycles. The molecule has 0 aromatic rings. The molecule has 0 aromatic heterocycles. The van der Waals surface area contributed by atoms with Gasteiger partial charge in [-0.25, -0.2) is 0 Å². The predicted octanol–water partition coefficient (Wildman–Crippen LogP) is 0.151. The summed E-state index contributed by atoms with van der Waals surface area (Å²) in [5.74, 6) is 0. The number of methoxy groups -OCH3 is 1. The van der Waals surface area contributed by atoms with E-state index in [-0.39, 0.29) is 6.10 Å². The van der Waals surface area contributed by atoms with Crippen molar-refractivity contribution < 1.29 is 9.94 Å². The summed E-state index contributed by atoms with van der Waals surface area (Å²) in [4.78, 5) is 0. The molecule has 1 aliphatic rings. The Morgan fingerprint density at radius 2 is 2.58 bits per heavy atom. The molecule has 0 saturated carbocycles. The largest absolute Gasteiger partial charge is 0.377 e. The molecular formula is C8H14N2O2. The molecule has 4 heteroatoms. The van der Waals surface area contributed by atoms with Crippen molar-refractivity contribution in [2.24, 2.45) is 5.73 Å². The van der Waals surface area contributed by atoms with Gasteiger partial charge in [0.2, 0.25) is 0 Å². The van der Waals surface area contributed by atoms with Crippen LogP contribution in [0, 0.1) is 0 Å². The van der Waals surface area contributed by atoms with Gasteiger partial charge in [-0.05, 0) is 12.0 Å². The minimum Gasteiger partial charge on any atom is -0.377 e. The number of hydrogen-bond acceptors (Lipinski definition) is 4. The van der Waals surface area contributed by atoms with Crippen molar-refractivity contribution in [3.63, 3.8) is 0 Å². The normalized spacial score (nSPS) is 25.2. The molecular weight excluding hydrogens is 156 g/mol. The SMILES string of the molecule is COC1C=CC(C(N)NO)=CC1. The van der Waals surface area contributed by atoms with Crippen LogP contribution >= 0.6 is 0 Å². The number of nitrogens with one attached hydrogen (secondary N) is 1. The second-order valence-corrected chi connectivity index (χ2v) is 2.68. The standard InChI is InChI=1S/C8H14N2O2/c1-12-7-4-2-6(3-5-7)8(9)10-11/h2-4,7-8,10-11H,5,9H2,1H3. The van der Waals surface area contributed by atoms with Gasteiger partial charge in [0.25, 0.3) is 0 Å². The Bertz CT molecular complexity index is 201. The Balaban J connectivity index is 2.51. The van der Waals surface area contributed by atoms with Gasteiger partial charge < -0.3 is 15.7 Å². The molecule has 4 N–H and O–H groups in total. The number of nitrogens with two attached hydrogens (primary N) is 1. The number of hydroxylamine groups is 1. The molecule has 0 fully saturated rings. The average Bonchev–Trinajstić information content (AvgIpc) is 2.17. The van der Waals surface area contributed by atoms with Gasteiger partial charge in [-0.1, -0.05) is 18.2 Å². The Morgan fingerprint density at radius 3 is 3.00 bits per heavy atom. The highest BCUT2D eigenvalue weighted by Gasteiger charge is 2.11. The molecule has 2 atom stereocenters. The van der Waals surface area contributed by atoms with Crippen LogP contribution in [0.4, 0.5) is 0 Å². The van der Waals surface area contributed by atoms with Crippen LogP contribution in [0.1, 0.15) is 6.42 Å². The molecule has 1 rings (SSSR count). The van der Waals surface area contributed by atoms with E-state index in [1.807, 2.05) is 23.7 Å². The van der Waals surface area contributed by atoms with Crippen molar-refractivity contribution in [3.05, 3.63) is 23.8 Å². The third-order valence-electron chi connectivity index (χ3n) is 1.89. The zero-order valence-electron chi connectivity index (χ0n) is 7.03. The van der Waals surface area contributed by atoms with Gasteiger partial charge in [0.05, 0.1) is 6.10 Å². The number of ether oxygens (including phenoxy) is 1. The van der Waals surface area contributed by atoms with Crippen LogP contribution in [-0.2, 0) is 4.74 Å². The second kappa shape index (κ2) is 4.37. The smallest absolute Gasteiger partial charge is 0.104 e. The lowest BCUT2D eigenvalue weighted by molar-refractivity contribution is 0.135. The lowest BCUT2D eigenvalue weighted by Crippen LogP contribution is -2.36. The summed E-state index contributed by atoms with van der Waals surface area (Å²) in [6, 6.07) is 0. The first-order valence-corrected chi connectivity index (χ1v) is 3.84. The lowest BCUT2D eigenvalue weighted by Gasteiger charge is -2.17. The Morgan fingerprint density at radius 1 is 1.83 bits per heavy atom. The average molecular weight is 170 g/mol. The van der Waals surface area contributed by atoms with E-state index in [0.29, 0.717) is 0 Å². The fourth-order valence-electron chi connectivity index (χ4n) is 1.10. The van der Waals surface area contributed by atoms with Crippen molar-refractivity contribution in [2.75, 3.05) is 7.11 Å². The van der Waals surface area contributed by atoms with Crippen LogP contribution in [-0.4, -0.2) is 24.6 Å². The van der Waals surface area contributed by atoms with Gasteiger partial charge in [0.15, 0.2) is 0 Å². The van der Waals surface area contributed by atoms with E-state index in [1.165, 1.54) is 0 Å². The molecule has 68 valence electrons. The third kappa shape index (κ3) is 2.15. The quantitative estimate of drug-likeness (QED) is 0.416. The fraction of sp³-hybridized carbons (Fsp3) is 0.500. The van der Waals surface area contributed by atoms with E-state index in [1.54, 1.807) is 7.11 Å². The monoisotopic (exact) mass is 170 g/mol. The molecule has 4 nitrogen and oxygen atoms in total. The summed E-state index contributed by atoms with van der Waals surface area (Å²) in [6.45, 7) is 0. The highest BCUT2D eigenvalue weighted by Crippen LogP contribution is 2.13. The maximum absolute atomic E-state index is 8.53. The molecule has 0 aliphatic heterocycles. The fourth-order valence-corrected chi connectivity index (χ4v) is 1.10. The van der Waals surface area contributed by atoms with Crippen LogP contribution in [0.3, 0.4) is 0 Å².